The second-order valence-electron chi connectivity index (χ2n) is 18.7. The molecule has 6 N–H and O–H groups in total. The van der Waals surface area contributed by atoms with Crippen LogP contribution in [0.1, 0.15) is 72.1 Å². The van der Waals surface area contributed by atoms with Gasteiger partial charge in [-0.1, -0.05) is 208 Å². The molecular weight excluding hydrogens is 995 g/mol. The van der Waals surface area contributed by atoms with Crippen molar-refractivity contribution >= 4 is 58.6 Å². The normalized spacial score (nSPS) is 13.8. The smallest absolute Gasteiger partial charge is 0.306 e. The highest BCUT2D eigenvalue weighted by atomic mass is 32.2. The summed E-state index contributed by atoms with van der Waals surface area (Å²) in [5.41, 5.74) is 7.03. The number of carbonyl (C=O) groups is 4. The summed E-state index contributed by atoms with van der Waals surface area (Å²) >= 11 is 4.69. The van der Waals surface area contributed by atoms with E-state index >= 15 is 0 Å². The van der Waals surface area contributed by atoms with Gasteiger partial charge in [0.05, 0.1) is 40.6 Å². The van der Waals surface area contributed by atoms with E-state index in [-0.39, 0.29) is 24.5 Å². The van der Waals surface area contributed by atoms with Gasteiger partial charge in [-0.2, -0.15) is 11.3 Å². The van der Waals surface area contributed by atoms with Crippen LogP contribution in [-0.2, 0) is 35.1 Å². The molecule has 0 radical (unpaired) electrons. The van der Waals surface area contributed by atoms with Crippen LogP contribution >= 0.6 is 34.9 Å². The quantitative estimate of drug-likeness (QED) is 0.0167. The van der Waals surface area contributed by atoms with E-state index in [1.54, 1.807) is 31.7 Å². The van der Waals surface area contributed by atoms with Crippen molar-refractivity contribution in [3.05, 3.63) is 250 Å². The fourth-order valence-corrected chi connectivity index (χ4v) is 13.1. The Bertz CT molecular complexity index is 2680. The molecule has 0 aliphatic carbocycles. The molecule has 10 nitrogen and oxygen atoms in total. The highest BCUT2D eigenvalue weighted by Crippen LogP contribution is 2.50. The number of nitrogens with one attached hydrogen (secondary N) is 3. The first-order valence-corrected chi connectivity index (χ1v) is 28.1. The van der Waals surface area contributed by atoms with Crippen molar-refractivity contribution in [1.29, 1.82) is 0 Å². The minimum atomic E-state index is -1.41. The maximum Gasteiger partial charge on any atom is 0.306 e. The Morgan fingerprint density at radius 3 is 1.39 bits per heavy atom. The average molecular weight is 1060 g/mol. The fraction of sp³-hybridized carbons (Fsp3) is 0.258. The Morgan fingerprint density at radius 1 is 0.560 bits per heavy atom. The molecule has 7 rings (SSSR count). The maximum absolute atomic E-state index is 14.8. The molecule has 13 heteroatoms. The largest absolute Gasteiger partial charge is 0.481 e. The van der Waals surface area contributed by atoms with E-state index in [1.165, 1.54) is 23.1 Å². The lowest BCUT2D eigenvalue weighted by Gasteiger charge is -2.37. The minimum Gasteiger partial charge on any atom is -0.481 e. The highest BCUT2D eigenvalue weighted by molar-refractivity contribution is 8.00. The molecule has 6 aromatic carbocycles. The highest BCUT2D eigenvalue weighted by Gasteiger charge is 2.40. The summed E-state index contributed by atoms with van der Waals surface area (Å²) in [7, 11) is 0. The molecule has 0 saturated heterocycles. The molecule has 7 aromatic rings. The van der Waals surface area contributed by atoms with Crippen LogP contribution in [0.3, 0.4) is 0 Å². The van der Waals surface area contributed by atoms with Crippen LogP contribution in [0.25, 0.3) is 0 Å². The first-order valence-electron chi connectivity index (χ1n) is 25.2. The standard InChI is InChI=1S/C62H65N3O7S3/c1-44(2)58(55(67)41-57(69)70)65-60(72)54(43-75-62(49-29-15-6-16-30-49,50-31-17-7-18-32-50)51-33-19-8-20-34-51)64-59(71)53(39-45-36-38-73-42-45)63-56(68)40-52(66)35-21-22-37-74-61(46-23-9-3-10-24-46,47-25-11-4-12-26-47)48-27-13-5-14-28-48/h3-21,23-36,38,42,44,52-55,58,66-67H,22,37,39-41,43H2,1-2H3,(H,63,68)(H,64,71)(H,65,72)(H,69,70)/b35-21+/t52-,53-,54-,55+,58-/m1/s1. The molecule has 0 bridgehead atoms. The number of aliphatic hydroxyl groups is 2. The summed E-state index contributed by atoms with van der Waals surface area (Å²) in [6.45, 7) is 3.54. The summed E-state index contributed by atoms with van der Waals surface area (Å²) in [5, 5.41) is 44.3. The third kappa shape index (κ3) is 14.8. The first-order chi connectivity index (χ1) is 36.4. The molecule has 0 saturated carbocycles. The number of hydrogen-bond acceptors (Lipinski definition) is 9. The Balaban J connectivity index is 1.10. The molecule has 3 amide bonds. The van der Waals surface area contributed by atoms with Crippen molar-refractivity contribution in [2.24, 2.45) is 5.92 Å². The average Bonchev–Trinajstić information content (AvgIpc) is 3.95. The van der Waals surface area contributed by atoms with Crippen LogP contribution < -0.4 is 16.0 Å². The zero-order valence-corrected chi connectivity index (χ0v) is 44.6. The SMILES string of the molecule is CC(C)[C@@H](NC(=O)[C@@H](CSC(c1ccccc1)(c1ccccc1)c1ccccc1)NC(=O)[C@@H](Cc1ccsc1)NC(=O)C[C@H](O)/C=C/CCSC(c1ccccc1)(c1ccccc1)c1ccccc1)[C@@H](O)CC(=O)O. The molecular formula is C62H65N3O7S3. The predicted octanol–water partition coefficient (Wildman–Crippen LogP) is 10.4. The van der Waals surface area contributed by atoms with E-state index in [1.807, 2.05) is 132 Å². The van der Waals surface area contributed by atoms with Gasteiger partial charge in [0.1, 0.15) is 12.1 Å². The molecule has 1 aromatic heterocycles. The number of aliphatic hydroxyl groups excluding tert-OH is 2. The molecule has 75 heavy (non-hydrogen) atoms. The van der Waals surface area contributed by atoms with E-state index in [0.717, 1.165) is 38.9 Å². The van der Waals surface area contributed by atoms with E-state index in [2.05, 4.69) is 88.7 Å². The van der Waals surface area contributed by atoms with Crippen LogP contribution in [-0.4, -0.2) is 80.8 Å². The van der Waals surface area contributed by atoms with Gasteiger partial charge in [0.2, 0.25) is 17.7 Å². The molecule has 5 atom stereocenters. The van der Waals surface area contributed by atoms with Crippen LogP contribution in [0, 0.1) is 5.92 Å². The van der Waals surface area contributed by atoms with Gasteiger partial charge in [0.25, 0.3) is 0 Å². The number of allylic oxidation sites excluding steroid dienone is 1. The predicted molar refractivity (Wildman–Crippen MR) is 305 cm³/mol. The van der Waals surface area contributed by atoms with Gasteiger partial charge in [-0.3, -0.25) is 19.2 Å². The van der Waals surface area contributed by atoms with Crippen molar-refractivity contribution in [2.75, 3.05) is 11.5 Å². The van der Waals surface area contributed by atoms with E-state index in [0.29, 0.717) is 12.2 Å². The monoisotopic (exact) mass is 1060 g/mol. The zero-order valence-electron chi connectivity index (χ0n) is 42.1. The van der Waals surface area contributed by atoms with E-state index in [9.17, 15) is 34.5 Å². The number of hydrogen-bond donors (Lipinski definition) is 6. The van der Waals surface area contributed by atoms with E-state index < -0.39 is 69.9 Å². The number of rotatable bonds is 27. The van der Waals surface area contributed by atoms with Gasteiger partial charge in [-0.05, 0) is 73.9 Å². The lowest BCUT2D eigenvalue weighted by Crippen LogP contribution is -2.58. The van der Waals surface area contributed by atoms with Gasteiger partial charge in [0, 0.05) is 12.2 Å². The van der Waals surface area contributed by atoms with Crippen molar-refractivity contribution in [1.82, 2.24) is 16.0 Å². The lowest BCUT2D eigenvalue weighted by molar-refractivity contribution is -0.140. The van der Waals surface area contributed by atoms with Crippen molar-refractivity contribution in [3.63, 3.8) is 0 Å². The number of carboxylic acid groups (broad SMARTS) is 1. The number of benzene rings is 6. The first kappa shape index (κ1) is 56.0. The van der Waals surface area contributed by atoms with Gasteiger partial charge in [-0.15, -0.1) is 23.5 Å². The lowest BCUT2D eigenvalue weighted by atomic mass is 9.84. The maximum atomic E-state index is 14.8. The molecule has 0 aliphatic rings. The number of amides is 3. The van der Waals surface area contributed by atoms with Crippen LogP contribution in [0.2, 0.25) is 0 Å². The van der Waals surface area contributed by atoms with Crippen LogP contribution in [0.5, 0.6) is 0 Å². The Hall–Kier alpha value is -6.74. The Kier molecular flexibility index (Phi) is 20.7. The van der Waals surface area contributed by atoms with Gasteiger partial charge < -0.3 is 31.3 Å². The summed E-state index contributed by atoms with van der Waals surface area (Å²) < 4.78 is -1.38. The van der Waals surface area contributed by atoms with Gasteiger partial charge in [0.15, 0.2) is 0 Å². The summed E-state index contributed by atoms with van der Waals surface area (Å²) in [4.78, 5) is 55.1. The number of thiophene rings is 1. The molecule has 0 spiro atoms. The van der Waals surface area contributed by atoms with Crippen molar-refractivity contribution < 1.29 is 34.5 Å². The number of carboxylic acids is 1. The molecule has 0 unspecified atom stereocenters. The zero-order chi connectivity index (χ0) is 53.0. The minimum absolute atomic E-state index is 0.0141. The molecule has 0 fully saturated rings. The molecule has 0 aliphatic heterocycles. The van der Waals surface area contributed by atoms with E-state index in [4.69, 9.17) is 0 Å². The number of carbonyl (C=O) groups excluding carboxylic acids is 3. The molecule has 1 heterocycles. The summed E-state index contributed by atoms with van der Waals surface area (Å²) in [6, 6.07) is 59.5. The van der Waals surface area contributed by atoms with Crippen molar-refractivity contribution in [3.8, 4) is 0 Å². The second-order valence-corrected chi connectivity index (χ2v) is 22.0. The summed E-state index contributed by atoms with van der Waals surface area (Å²) in [6.07, 6.45) is 0.728. The van der Waals surface area contributed by atoms with Crippen LogP contribution in [0.4, 0.5) is 0 Å². The second kappa shape index (κ2) is 27.7. The Morgan fingerprint density at radius 2 is 0.987 bits per heavy atom. The number of thioether (sulfide) groups is 2. The topological polar surface area (TPSA) is 165 Å². The third-order valence-electron chi connectivity index (χ3n) is 13.0. The van der Waals surface area contributed by atoms with Crippen LogP contribution in [0.15, 0.2) is 211 Å². The fourth-order valence-electron chi connectivity index (χ4n) is 9.38. The van der Waals surface area contributed by atoms with Gasteiger partial charge >= 0.3 is 5.97 Å². The molecule has 388 valence electrons. The third-order valence-corrected chi connectivity index (χ3v) is 17.0. The summed E-state index contributed by atoms with van der Waals surface area (Å²) in [5.74, 6) is -2.70. The van der Waals surface area contributed by atoms with Gasteiger partial charge in [-0.25, -0.2) is 0 Å². The Labute approximate surface area is 453 Å². The number of aliphatic carboxylic acids is 1. The van der Waals surface area contributed by atoms with Crippen molar-refractivity contribution in [2.45, 2.75) is 79.4 Å².